The molecule has 106 valence electrons. The van der Waals surface area contributed by atoms with Crippen LogP contribution in [0.25, 0.3) is 10.8 Å². The van der Waals surface area contributed by atoms with E-state index in [1.54, 1.807) is 0 Å². The average molecular weight is 270 g/mol. The molecule has 0 spiro atoms. The summed E-state index contributed by atoms with van der Waals surface area (Å²) >= 11 is 0. The van der Waals surface area contributed by atoms with Crippen molar-refractivity contribution < 1.29 is 4.79 Å². The first-order chi connectivity index (χ1) is 9.50. The van der Waals surface area contributed by atoms with E-state index in [-0.39, 0.29) is 11.4 Å². The van der Waals surface area contributed by atoms with Gasteiger partial charge in [-0.2, -0.15) is 0 Å². The van der Waals surface area contributed by atoms with Crippen LogP contribution in [0, 0.1) is 0 Å². The van der Waals surface area contributed by atoms with E-state index in [1.165, 1.54) is 16.3 Å². The Balaban J connectivity index is 1.97. The zero-order chi connectivity index (χ0) is 14.6. The van der Waals surface area contributed by atoms with Crippen molar-refractivity contribution in [3.8, 4) is 0 Å². The number of nitrogens with one attached hydrogen (secondary N) is 1. The molecule has 3 nitrogen and oxygen atoms in total. The summed E-state index contributed by atoms with van der Waals surface area (Å²) < 4.78 is 0. The Morgan fingerprint density at radius 3 is 2.55 bits per heavy atom. The van der Waals surface area contributed by atoms with Gasteiger partial charge in [-0.25, -0.2) is 0 Å². The van der Waals surface area contributed by atoms with E-state index in [9.17, 15) is 4.79 Å². The Kier molecular flexibility index (Phi) is 4.40. The first-order valence-electron chi connectivity index (χ1n) is 6.99. The number of carbonyl (C=O) groups is 1. The number of nitrogens with two attached hydrogens (primary N) is 1. The number of fused-ring (bicyclic) bond motifs is 1. The number of aryl methyl sites for hydroxylation is 1. The number of benzene rings is 2. The summed E-state index contributed by atoms with van der Waals surface area (Å²) in [7, 11) is 0. The lowest BCUT2D eigenvalue weighted by atomic mass is 10.0. The van der Waals surface area contributed by atoms with Crippen LogP contribution in [0.2, 0.25) is 0 Å². The standard InChI is InChI=1S/C17H22N2O/c1-17(2,12-18)19-16(20)10-8-13-7-9-14-5-3-4-6-15(14)11-13/h3-7,9,11H,8,10,12,18H2,1-2H3,(H,19,20). The molecule has 0 aliphatic rings. The van der Waals surface area contributed by atoms with Crippen LogP contribution in [-0.2, 0) is 11.2 Å². The van der Waals surface area contributed by atoms with Gasteiger partial charge in [-0.15, -0.1) is 0 Å². The highest BCUT2D eigenvalue weighted by atomic mass is 16.1. The minimum absolute atomic E-state index is 0.0496. The van der Waals surface area contributed by atoms with Gasteiger partial charge in [0, 0.05) is 18.5 Å². The molecule has 0 saturated carbocycles. The molecule has 20 heavy (non-hydrogen) atoms. The lowest BCUT2D eigenvalue weighted by Crippen LogP contribution is -2.48. The Labute approximate surface area is 120 Å². The molecule has 0 fully saturated rings. The molecule has 0 heterocycles. The third-order valence-electron chi connectivity index (χ3n) is 3.44. The number of rotatable bonds is 5. The molecule has 0 aromatic heterocycles. The van der Waals surface area contributed by atoms with E-state index in [0.717, 1.165) is 6.42 Å². The van der Waals surface area contributed by atoms with Gasteiger partial charge < -0.3 is 11.1 Å². The second kappa shape index (κ2) is 6.06. The first-order valence-corrected chi connectivity index (χ1v) is 6.99. The predicted molar refractivity (Wildman–Crippen MR) is 83.5 cm³/mol. The molecule has 2 aromatic rings. The van der Waals surface area contributed by atoms with Crippen LogP contribution < -0.4 is 11.1 Å². The molecule has 0 aliphatic heterocycles. The Bertz CT molecular complexity index is 605. The molecule has 0 saturated heterocycles. The van der Waals surface area contributed by atoms with Crippen LogP contribution >= 0.6 is 0 Å². The van der Waals surface area contributed by atoms with Crippen molar-refractivity contribution in [2.45, 2.75) is 32.2 Å². The fourth-order valence-electron chi connectivity index (χ4n) is 2.14. The van der Waals surface area contributed by atoms with Gasteiger partial charge in [-0.05, 0) is 36.6 Å². The molecule has 2 rings (SSSR count). The van der Waals surface area contributed by atoms with Crippen LogP contribution in [0.1, 0.15) is 25.8 Å². The second-order valence-electron chi connectivity index (χ2n) is 5.82. The van der Waals surface area contributed by atoms with Crippen LogP contribution in [0.15, 0.2) is 42.5 Å². The fourth-order valence-corrected chi connectivity index (χ4v) is 2.14. The summed E-state index contributed by atoms with van der Waals surface area (Å²) in [6.45, 7) is 4.30. The molecule has 1 amide bonds. The van der Waals surface area contributed by atoms with Gasteiger partial charge in [0.2, 0.25) is 5.91 Å². The van der Waals surface area contributed by atoms with E-state index in [1.807, 2.05) is 26.0 Å². The summed E-state index contributed by atoms with van der Waals surface area (Å²) in [4.78, 5) is 11.9. The van der Waals surface area contributed by atoms with Crippen molar-refractivity contribution in [3.63, 3.8) is 0 Å². The normalized spacial score (nSPS) is 11.6. The Hall–Kier alpha value is -1.87. The Morgan fingerprint density at radius 1 is 1.15 bits per heavy atom. The molecule has 0 radical (unpaired) electrons. The van der Waals surface area contributed by atoms with Gasteiger partial charge in [0.25, 0.3) is 0 Å². The van der Waals surface area contributed by atoms with E-state index in [2.05, 4.69) is 35.6 Å². The van der Waals surface area contributed by atoms with Gasteiger partial charge in [0.05, 0.1) is 0 Å². The van der Waals surface area contributed by atoms with Crippen LogP contribution in [-0.4, -0.2) is 18.0 Å². The van der Waals surface area contributed by atoms with Crippen molar-refractivity contribution in [2.24, 2.45) is 5.73 Å². The number of hydrogen-bond acceptors (Lipinski definition) is 2. The van der Waals surface area contributed by atoms with Crippen LogP contribution in [0.5, 0.6) is 0 Å². The van der Waals surface area contributed by atoms with Gasteiger partial charge in [0.15, 0.2) is 0 Å². The number of carbonyl (C=O) groups excluding carboxylic acids is 1. The van der Waals surface area contributed by atoms with E-state index in [0.29, 0.717) is 13.0 Å². The zero-order valence-corrected chi connectivity index (χ0v) is 12.1. The topological polar surface area (TPSA) is 55.1 Å². The van der Waals surface area contributed by atoms with Crippen LogP contribution in [0.4, 0.5) is 0 Å². The second-order valence-corrected chi connectivity index (χ2v) is 5.82. The van der Waals surface area contributed by atoms with Crippen molar-refractivity contribution in [3.05, 3.63) is 48.0 Å². The predicted octanol–water partition coefficient (Wildman–Crippen LogP) is 2.63. The monoisotopic (exact) mass is 270 g/mol. The summed E-state index contributed by atoms with van der Waals surface area (Å²) in [5.41, 5.74) is 6.46. The molecule has 3 heteroatoms. The van der Waals surface area contributed by atoms with Gasteiger partial charge >= 0.3 is 0 Å². The van der Waals surface area contributed by atoms with E-state index < -0.39 is 0 Å². The number of amides is 1. The SMILES string of the molecule is CC(C)(CN)NC(=O)CCc1ccc2ccccc2c1. The zero-order valence-electron chi connectivity index (χ0n) is 12.1. The molecule has 2 aromatic carbocycles. The summed E-state index contributed by atoms with van der Waals surface area (Å²) in [5, 5.41) is 5.39. The maximum absolute atomic E-state index is 11.9. The highest BCUT2D eigenvalue weighted by molar-refractivity contribution is 5.83. The summed E-state index contributed by atoms with van der Waals surface area (Å²) in [5.74, 6) is 0.0496. The molecular formula is C17H22N2O. The average Bonchev–Trinajstić information content (AvgIpc) is 2.44. The van der Waals surface area contributed by atoms with Crippen molar-refractivity contribution in [2.75, 3.05) is 6.54 Å². The van der Waals surface area contributed by atoms with Crippen molar-refractivity contribution in [1.82, 2.24) is 5.32 Å². The van der Waals surface area contributed by atoms with Gasteiger partial charge in [-0.1, -0.05) is 42.5 Å². The number of hydrogen-bond donors (Lipinski definition) is 2. The van der Waals surface area contributed by atoms with Gasteiger partial charge in [-0.3, -0.25) is 4.79 Å². The highest BCUT2D eigenvalue weighted by Crippen LogP contribution is 2.16. The molecule has 0 unspecified atom stereocenters. The Morgan fingerprint density at radius 2 is 1.85 bits per heavy atom. The lowest BCUT2D eigenvalue weighted by Gasteiger charge is -2.24. The third kappa shape index (κ3) is 3.81. The smallest absolute Gasteiger partial charge is 0.220 e. The molecule has 3 N–H and O–H groups in total. The van der Waals surface area contributed by atoms with Crippen molar-refractivity contribution in [1.29, 1.82) is 0 Å². The lowest BCUT2D eigenvalue weighted by molar-refractivity contribution is -0.122. The molecule has 0 atom stereocenters. The van der Waals surface area contributed by atoms with Crippen LogP contribution in [0.3, 0.4) is 0 Å². The largest absolute Gasteiger partial charge is 0.350 e. The van der Waals surface area contributed by atoms with E-state index in [4.69, 9.17) is 5.73 Å². The minimum Gasteiger partial charge on any atom is -0.350 e. The molecule has 0 aliphatic carbocycles. The highest BCUT2D eigenvalue weighted by Gasteiger charge is 2.17. The van der Waals surface area contributed by atoms with Crippen molar-refractivity contribution >= 4 is 16.7 Å². The third-order valence-corrected chi connectivity index (χ3v) is 3.44. The maximum Gasteiger partial charge on any atom is 0.220 e. The quantitative estimate of drug-likeness (QED) is 0.877. The first kappa shape index (κ1) is 14.5. The summed E-state index contributed by atoms with van der Waals surface area (Å²) in [6.07, 6.45) is 1.24. The van der Waals surface area contributed by atoms with E-state index >= 15 is 0 Å². The summed E-state index contributed by atoms with van der Waals surface area (Å²) in [6, 6.07) is 14.6. The fraction of sp³-hybridized carbons (Fsp3) is 0.353. The van der Waals surface area contributed by atoms with Gasteiger partial charge in [0.1, 0.15) is 0 Å². The molecule has 0 bridgehead atoms. The maximum atomic E-state index is 11.9. The molecular weight excluding hydrogens is 248 g/mol. The minimum atomic E-state index is -0.333.